The number of aromatic nitrogens is 4. The number of quaternary nitrogens is 1. The zero-order chi connectivity index (χ0) is 32.9. The molecule has 0 atom stereocenters. The maximum Gasteiger partial charge on any atom is 0.416 e. The number of hydrogen-bond donors (Lipinski definition) is 1. The molecule has 2 aromatic heterocycles. The van der Waals surface area contributed by atoms with Crippen molar-refractivity contribution in [2.75, 3.05) is 27.2 Å². The number of alkyl halides is 3. The van der Waals surface area contributed by atoms with Crippen molar-refractivity contribution in [2.24, 2.45) is 5.41 Å². The molecule has 3 heterocycles. The monoisotopic (exact) mass is 632 g/mol. The van der Waals surface area contributed by atoms with Gasteiger partial charge in [-0.25, -0.2) is 18.8 Å². The van der Waals surface area contributed by atoms with Crippen LogP contribution in [0.2, 0.25) is 0 Å². The zero-order valence-corrected chi connectivity index (χ0v) is 26.1. The molecule has 46 heavy (non-hydrogen) atoms. The largest absolute Gasteiger partial charge is 0.416 e. The van der Waals surface area contributed by atoms with Crippen molar-refractivity contribution < 1.29 is 22.4 Å². The summed E-state index contributed by atoms with van der Waals surface area (Å²) in [6.45, 7) is 3.86. The molecule has 1 saturated carbocycles. The van der Waals surface area contributed by atoms with Crippen LogP contribution in [-0.2, 0) is 6.18 Å². The van der Waals surface area contributed by atoms with Crippen LogP contribution >= 0.6 is 0 Å². The highest BCUT2D eigenvalue weighted by Gasteiger charge is 2.42. The summed E-state index contributed by atoms with van der Waals surface area (Å²) < 4.78 is 45.7. The average Bonchev–Trinajstić information content (AvgIpc) is 3.61. The van der Waals surface area contributed by atoms with Gasteiger partial charge in [-0.3, -0.25) is 4.57 Å². The number of nitriles is 1. The molecule has 4 aromatic rings. The van der Waals surface area contributed by atoms with Crippen molar-refractivity contribution in [3.8, 4) is 28.8 Å². The van der Waals surface area contributed by atoms with Gasteiger partial charge in [0.1, 0.15) is 5.69 Å². The van der Waals surface area contributed by atoms with Crippen LogP contribution in [0.15, 0.2) is 65.6 Å². The van der Waals surface area contributed by atoms with Gasteiger partial charge in [0.05, 0.1) is 73.3 Å². The molecule has 6 rings (SSSR count). The lowest BCUT2D eigenvalue weighted by molar-refractivity contribution is -0.897. The number of piperidine rings is 1. The van der Waals surface area contributed by atoms with Gasteiger partial charge in [0, 0.05) is 18.9 Å². The van der Waals surface area contributed by atoms with E-state index < -0.39 is 23.5 Å². The number of rotatable bonds is 4. The van der Waals surface area contributed by atoms with Gasteiger partial charge in [-0.05, 0) is 86.6 Å². The second-order valence-electron chi connectivity index (χ2n) is 13.3. The fraction of sp³-hybridized carbons (Fsp3) is 0.412. The molecule has 2 aromatic carbocycles. The first-order valence-electron chi connectivity index (χ1n) is 15.5. The van der Waals surface area contributed by atoms with Crippen molar-refractivity contribution in [3.05, 3.63) is 88.1 Å². The molecule has 1 aliphatic heterocycles. The van der Waals surface area contributed by atoms with Gasteiger partial charge in [0.15, 0.2) is 0 Å². The predicted octanol–water partition coefficient (Wildman–Crippen LogP) is 6.05. The Kier molecular flexibility index (Phi) is 7.92. The molecule has 2 fully saturated rings. The molecule has 1 saturated heterocycles. The molecule has 240 valence electrons. The van der Waals surface area contributed by atoms with Gasteiger partial charge >= 0.3 is 17.9 Å². The molecule has 2 aliphatic rings. The van der Waals surface area contributed by atoms with E-state index in [4.69, 9.17) is 0 Å². The summed E-state index contributed by atoms with van der Waals surface area (Å²) in [5.41, 5.74) is 0.506. The van der Waals surface area contributed by atoms with E-state index in [1.165, 1.54) is 23.0 Å². The minimum Gasteiger partial charge on any atom is -0.335 e. The first-order valence-corrected chi connectivity index (χ1v) is 15.5. The Morgan fingerprint density at radius 2 is 1.70 bits per heavy atom. The van der Waals surface area contributed by atoms with Gasteiger partial charge in [-0.15, -0.1) is 0 Å². The Bertz CT molecular complexity index is 1860. The van der Waals surface area contributed by atoms with Crippen LogP contribution in [0.1, 0.15) is 55.3 Å². The summed E-state index contributed by atoms with van der Waals surface area (Å²) in [5, 5.41) is 16.7. The second kappa shape index (κ2) is 11.6. The third kappa shape index (κ3) is 5.87. The van der Waals surface area contributed by atoms with Crippen molar-refractivity contribution >= 4 is 6.03 Å². The minimum absolute atomic E-state index is 0.00667. The molecule has 0 unspecified atom stereocenters. The van der Waals surface area contributed by atoms with Crippen molar-refractivity contribution in [1.29, 1.82) is 5.26 Å². The van der Waals surface area contributed by atoms with E-state index in [0.29, 0.717) is 16.9 Å². The summed E-state index contributed by atoms with van der Waals surface area (Å²) in [7, 11) is 4.52. The van der Waals surface area contributed by atoms with Crippen LogP contribution in [0.25, 0.3) is 22.8 Å². The van der Waals surface area contributed by atoms with E-state index in [9.17, 15) is 28.0 Å². The number of halogens is 3. The maximum absolute atomic E-state index is 14.1. The third-order valence-electron chi connectivity index (χ3n) is 9.91. The highest BCUT2D eigenvalue weighted by atomic mass is 19.4. The smallest absolute Gasteiger partial charge is 0.335 e. The Morgan fingerprint density at radius 1 is 1.02 bits per heavy atom. The molecule has 1 amide bonds. The lowest BCUT2D eigenvalue weighted by Gasteiger charge is -2.47. The van der Waals surface area contributed by atoms with Gasteiger partial charge in [0.2, 0.25) is 0 Å². The molecule has 1 aliphatic carbocycles. The number of carbonyl (C=O) groups excluding carboxylic acids is 1. The highest BCUT2D eigenvalue weighted by Crippen LogP contribution is 2.45. The molecule has 12 heteroatoms. The highest BCUT2D eigenvalue weighted by molar-refractivity contribution is 5.83. The van der Waals surface area contributed by atoms with E-state index in [1.54, 1.807) is 37.3 Å². The Labute approximate surface area is 265 Å². The molecule has 9 nitrogen and oxygen atoms in total. The van der Waals surface area contributed by atoms with Gasteiger partial charge in [0.25, 0.3) is 0 Å². The van der Waals surface area contributed by atoms with Crippen LogP contribution in [0.4, 0.5) is 18.0 Å². The summed E-state index contributed by atoms with van der Waals surface area (Å²) in [6.07, 6.45) is 2.79. The van der Waals surface area contributed by atoms with Crippen LogP contribution in [0.3, 0.4) is 0 Å². The number of hydrogen-bond acceptors (Lipinski definition) is 4. The number of carbonyl (C=O) groups is 1. The standard InChI is InChI=1S/C34H36F3N7O2/c1-23-30(29-13-18-39-43(29)27-9-7-24(22-38)8-10-27)42(32(46)41(23)28-6-4-5-25(21-28)34(35,36)37)31(45)40-26-11-14-33(15-12-26)16-19-44(2,3)20-17-33/h4-10,13,18,21,26H,11-12,14-17,19-20H2,1-3H3/p+1. The summed E-state index contributed by atoms with van der Waals surface area (Å²) in [4.78, 5) is 28.1. The first kappa shape index (κ1) is 31.4. The number of amides is 1. The van der Waals surface area contributed by atoms with Crippen LogP contribution < -0.4 is 11.0 Å². The van der Waals surface area contributed by atoms with Crippen LogP contribution in [0, 0.1) is 23.7 Å². The van der Waals surface area contributed by atoms with Gasteiger partial charge in [-0.2, -0.15) is 23.5 Å². The van der Waals surface area contributed by atoms with E-state index in [1.807, 2.05) is 0 Å². The van der Waals surface area contributed by atoms with Crippen molar-refractivity contribution in [2.45, 2.75) is 57.7 Å². The summed E-state index contributed by atoms with van der Waals surface area (Å²) in [5.74, 6) is 0. The molecular weight excluding hydrogens is 595 g/mol. The van der Waals surface area contributed by atoms with E-state index in [0.717, 1.165) is 77.4 Å². The van der Waals surface area contributed by atoms with Gasteiger partial charge in [-0.1, -0.05) is 6.07 Å². The summed E-state index contributed by atoms with van der Waals surface area (Å²) in [6, 6.07) is 14.1. The SMILES string of the molecule is Cc1c(-c2ccnn2-c2ccc(C#N)cc2)n(C(=O)NC2CCC3(CC2)CC[N+](C)(C)CC3)c(=O)n1-c1cccc(C(F)(F)F)c1. The maximum atomic E-state index is 14.1. The summed E-state index contributed by atoms with van der Waals surface area (Å²) >= 11 is 0. The first-order chi connectivity index (χ1) is 21.8. The number of benzene rings is 2. The number of likely N-dealkylation sites (tertiary alicyclic amines) is 1. The average molecular weight is 633 g/mol. The lowest BCUT2D eigenvalue weighted by atomic mass is 9.66. The van der Waals surface area contributed by atoms with Crippen LogP contribution in [0.5, 0.6) is 0 Å². The molecule has 0 radical (unpaired) electrons. The minimum atomic E-state index is -4.62. The molecular formula is C34H37F3N7O2+. The zero-order valence-electron chi connectivity index (χ0n) is 26.1. The number of nitrogens with zero attached hydrogens (tertiary/aromatic N) is 6. The Morgan fingerprint density at radius 3 is 2.33 bits per heavy atom. The van der Waals surface area contributed by atoms with E-state index in [-0.39, 0.29) is 28.5 Å². The van der Waals surface area contributed by atoms with Crippen LogP contribution in [-0.4, -0.2) is 62.7 Å². The molecule has 0 bridgehead atoms. The molecule has 1 N–H and O–H groups in total. The third-order valence-corrected chi connectivity index (χ3v) is 9.91. The van der Waals surface area contributed by atoms with Gasteiger partial charge < -0.3 is 9.80 Å². The second-order valence-corrected chi connectivity index (χ2v) is 13.3. The van der Waals surface area contributed by atoms with E-state index >= 15 is 0 Å². The lowest BCUT2D eigenvalue weighted by Crippen LogP contribution is -2.52. The van der Waals surface area contributed by atoms with E-state index in [2.05, 4.69) is 30.6 Å². The fourth-order valence-electron chi connectivity index (χ4n) is 7.02. The van der Waals surface area contributed by atoms with Crippen molar-refractivity contribution in [3.63, 3.8) is 0 Å². The Balaban J connectivity index is 1.38. The van der Waals surface area contributed by atoms with Crippen molar-refractivity contribution in [1.82, 2.24) is 24.2 Å². The normalized spacial score (nSPS) is 17.9. The number of nitrogens with one attached hydrogen (secondary N) is 1. The Hall–Kier alpha value is -4.63. The topological polar surface area (TPSA) is 97.6 Å². The fourth-order valence-corrected chi connectivity index (χ4v) is 7.02. The quantitative estimate of drug-likeness (QED) is 0.277. The number of imidazole rings is 1. The molecule has 1 spiro atoms. The predicted molar refractivity (Wildman–Crippen MR) is 167 cm³/mol.